The van der Waals surface area contributed by atoms with Crippen molar-refractivity contribution in [3.63, 3.8) is 0 Å². The van der Waals surface area contributed by atoms with Gasteiger partial charge in [0, 0.05) is 10.6 Å². The molecule has 0 amide bonds. The number of aryl methyl sites for hydroxylation is 1. The number of aliphatic imine (C=N–C) groups is 1. The Labute approximate surface area is 196 Å². The largest absolute Gasteiger partial charge is 0.493 e. The molecule has 0 saturated heterocycles. The van der Waals surface area contributed by atoms with Crippen LogP contribution in [0.4, 0.5) is 0 Å². The number of hydrogen-bond donors (Lipinski definition) is 0. The van der Waals surface area contributed by atoms with Gasteiger partial charge < -0.3 is 13.7 Å². The predicted octanol–water partition coefficient (Wildman–Crippen LogP) is 4.77. The molecule has 168 valence electrons. The maximum absolute atomic E-state index is 12.6. The third-order valence-corrected chi connectivity index (χ3v) is 6.21. The molecule has 0 atom stereocenters. The van der Waals surface area contributed by atoms with Gasteiger partial charge >= 0.3 is 16.1 Å². The van der Waals surface area contributed by atoms with Gasteiger partial charge in [-0.15, -0.1) is 0 Å². The van der Waals surface area contributed by atoms with Crippen LogP contribution >= 0.6 is 11.6 Å². The van der Waals surface area contributed by atoms with Crippen LogP contribution in [0.2, 0.25) is 5.02 Å². The third kappa shape index (κ3) is 5.08. The van der Waals surface area contributed by atoms with Gasteiger partial charge in [-0.3, -0.25) is 0 Å². The number of benzene rings is 3. The van der Waals surface area contributed by atoms with E-state index < -0.39 is 16.1 Å². The summed E-state index contributed by atoms with van der Waals surface area (Å²) in [7, 11) is -2.66. The highest BCUT2D eigenvalue weighted by Gasteiger charge is 2.24. The van der Waals surface area contributed by atoms with E-state index in [2.05, 4.69) is 4.99 Å². The van der Waals surface area contributed by atoms with E-state index in [0.29, 0.717) is 16.1 Å². The van der Waals surface area contributed by atoms with Crippen LogP contribution in [-0.2, 0) is 19.6 Å². The minimum absolute atomic E-state index is 0.0135. The lowest BCUT2D eigenvalue weighted by molar-refractivity contribution is -0.129. The van der Waals surface area contributed by atoms with Crippen molar-refractivity contribution in [2.45, 2.75) is 11.8 Å². The molecule has 7 nitrogen and oxygen atoms in total. The molecule has 0 radical (unpaired) electrons. The normalized spacial score (nSPS) is 14.7. The Morgan fingerprint density at radius 3 is 2.33 bits per heavy atom. The van der Waals surface area contributed by atoms with Crippen molar-refractivity contribution >= 4 is 39.7 Å². The minimum Gasteiger partial charge on any atom is -0.493 e. The van der Waals surface area contributed by atoms with Crippen molar-refractivity contribution < 1.29 is 26.9 Å². The number of ether oxygens (including phenoxy) is 2. The molecule has 0 aromatic heterocycles. The molecule has 0 spiro atoms. The summed E-state index contributed by atoms with van der Waals surface area (Å²) in [5.41, 5.74) is 2.16. The van der Waals surface area contributed by atoms with Gasteiger partial charge in [-0.2, -0.15) is 8.42 Å². The average Bonchev–Trinajstić information content (AvgIpc) is 3.15. The highest BCUT2D eigenvalue weighted by atomic mass is 35.5. The summed E-state index contributed by atoms with van der Waals surface area (Å²) in [4.78, 5) is 16.5. The molecular formula is C24H18ClNO6S. The first kappa shape index (κ1) is 22.6. The van der Waals surface area contributed by atoms with Crippen molar-refractivity contribution in [1.29, 1.82) is 0 Å². The van der Waals surface area contributed by atoms with Gasteiger partial charge in [-0.05, 0) is 67.1 Å². The van der Waals surface area contributed by atoms with E-state index in [0.717, 1.165) is 5.56 Å². The van der Waals surface area contributed by atoms with Gasteiger partial charge in [0.2, 0.25) is 5.90 Å². The summed E-state index contributed by atoms with van der Waals surface area (Å²) in [6.45, 7) is 1.86. The zero-order valence-corrected chi connectivity index (χ0v) is 19.2. The number of methoxy groups -OCH3 is 1. The second-order valence-electron chi connectivity index (χ2n) is 7.10. The summed E-state index contributed by atoms with van der Waals surface area (Å²) in [6.07, 6.45) is 1.51. The first-order chi connectivity index (χ1) is 15.7. The highest BCUT2D eigenvalue weighted by Crippen LogP contribution is 2.32. The van der Waals surface area contributed by atoms with E-state index >= 15 is 0 Å². The fourth-order valence-electron chi connectivity index (χ4n) is 3.00. The number of rotatable bonds is 6. The molecule has 1 aliphatic rings. The van der Waals surface area contributed by atoms with Gasteiger partial charge in [-0.1, -0.05) is 35.4 Å². The summed E-state index contributed by atoms with van der Waals surface area (Å²) in [6, 6.07) is 17.6. The quantitative estimate of drug-likeness (QED) is 0.285. The standard InChI is InChI=1S/C24H18ClNO6S/c1-15-3-10-19(11-4-15)33(28,29)32-21-12-5-16(14-22(21)30-2)13-20-24(27)31-23(26-20)17-6-8-18(25)9-7-17/h3-14H,1-2H3/b20-13+. The summed E-state index contributed by atoms with van der Waals surface area (Å²) in [5.74, 6) is -0.256. The molecule has 3 aromatic carbocycles. The summed E-state index contributed by atoms with van der Waals surface area (Å²) >= 11 is 5.89. The molecule has 9 heteroatoms. The van der Waals surface area contributed by atoms with Crippen LogP contribution < -0.4 is 8.92 Å². The van der Waals surface area contributed by atoms with Gasteiger partial charge in [0.05, 0.1) is 7.11 Å². The van der Waals surface area contributed by atoms with Gasteiger partial charge in [0.25, 0.3) is 0 Å². The lowest BCUT2D eigenvalue weighted by Crippen LogP contribution is -2.10. The number of nitrogens with zero attached hydrogens (tertiary/aromatic N) is 1. The van der Waals surface area contributed by atoms with Crippen LogP contribution in [0.15, 0.2) is 82.3 Å². The first-order valence-corrected chi connectivity index (χ1v) is 11.5. The van der Waals surface area contributed by atoms with Crippen LogP contribution in [0.5, 0.6) is 11.5 Å². The Bertz CT molecular complexity index is 1380. The van der Waals surface area contributed by atoms with E-state index in [9.17, 15) is 13.2 Å². The number of hydrogen-bond acceptors (Lipinski definition) is 7. The zero-order valence-electron chi connectivity index (χ0n) is 17.6. The van der Waals surface area contributed by atoms with E-state index in [1.807, 2.05) is 6.92 Å². The van der Waals surface area contributed by atoms with E-state index in [1.165, 1.54) is 37.5 Å². The van der Waals surface area contributed by atoms with E-state index in [4.69, 9.17) is 25.3 Å². The fraction of sp³-hybridized carbons (Fsp3) is 0.0833. The van der Waals surface area contributed by atoms with Crippen molar-refractivity contribution in [3.05, 3.63) is 94.1 Å². The van der Waals surface area contributed by atoms with Gasteiger partial charge in [0.15, 0.2) is 17.2 Å². The third-order valence-electron chi connectivity index (χ3n) is 4.71. The van der Waals surface area contributed by atoms with Gasteiger partial charge in [0.1, 0.15) is 4.90 Å². The highest BCUT2D eigenvalue weighted by molar-refractivity contribution is 7.87. The SMILES string of the molecule is COc1cc(/C=C2/N=C(c3ccc(Cl)cc3)OC2=O)ccc1OS(=O)(=O)c1ccc(C)cc1. The van der Waals surface area contributed by atoms with Crippen molar-refractivity contribution in [2.24, 2.45) is 4.99 Å². The second-order valence-corrected chi connectivity index (χ2v) is 9.09. The molecule has 0 unspecified atom stereocenters. The number of carbonyl (C=O) groups is 1. The molecule has 0 N–H and O–H groups in total. The van der Waals surface area contributed by atoms with Crippen molar-refractivity contribution in [3.8, 4) is 11.5 Å². The number of esters is 1. The van der Waals surface area contributed by atoms with Gasteiger partial charge in [-0.25, -0.2) is 9.79 Å². The number of halogens is 1. The average molecular weight is 484 g/mol. The van der Waals surface area contributed by atoms with Crippen LogP contribution in [-0.4, -0.2) is 27.4 Å². The Morgan fingerprint density at radius 2 is 1.67 bits per heavy atom. The van der Waals surface area contributed by atoms with Crippen LogP contribution in [0.25, 0.3) is 6.08 Å². The van der Waals surface area contributed by atoms with E-state index in [-0.39, 0.29) is 28.0 Å². The molecule has 0 saturated carbocycles. The minimum atomic E-state index is -4.05. The molecule has 0 fully saturated rings. The van der Waals surface area contributed by atoms with E-state index in [1.54, 1.807) is 42.5 Å². The summed E-state index contributed by atoms with van der Waals surface area (Å²) < 4.78 is 41.0. The fourth-order valence-corrected chi connectivity index (χ4v) is 4.06. The molecule has 1 aliphatic heterocycles. The number of cyclic esters (lactones) is 1. The Kier molecular flexibility index (Phi) is 6.22. The molecule has 33 heavy (non-hydrogen) atoms. The van der Waals surface area contributed by atoms with Crippen molar-refractivity contribution in [2.75, 3.05) is 7.11 Å². The molecule has 1 heterocycles. The van der Waals surface area contributed by atoms with Crippen LogP contribution in [0.1, 0.15) is 16.7 Å². The molecule has 0 aliphatic carbocycles. The smallest absolute Gasteiger partial charge is 0.363 e. The maximum Gasteiger partial charge on any atom is 0.363 e. The molecule has 3 aromatic rings. The molecular weight excluding hydrogens is 466 g/mol. The zero-order chi connectivity index (χ0) is 23.6. The number of carbonyl (C=O) groups excluding carboxylic acids is 1. The second kappa shape index (κ2) is 9.09. The topological polar surface area (TPSA) is 91.3 Å². The maximum atomic E-state index is 12.6. The van der Waals surface area contributed by atoms with Crippen LogP contribution in [0, 0.1) is 6.92 Å². The monoisotopic (exact) mass is 483 g/mol. The molecule has 4 rings (SSSR count). The first-order valence-electron chi connectivity index (χ1n) is 9.73. The lowest BCUT2D eigenvalue weighted by atomic mass is 10.1. The summed E-state index contributed by atoms with van der Waals surface area (Å²) in [5, 5.41) is 0.554. The Balaban J connectivity index is 1.60. The Morgan fingerprint density at radius 1 is 0.970 bits per heavy atom. The predicted molar refractivity (Wildman–Crippen MR) is 124 cm³/mol. The lowest BCUT2D eigenvalue weighted by Gasteiger charge is -2.11. The van der Waals surface area contributed by atoms with Crippen molar-refractivity contribution in [1.82, 2.24) is 0 Å². The Hall–Kier alpha value is -3.62. The van der Waals surface area contributed by atoms with Crippen LogP contribution in [0.3, 0.4) is 0 Å². The molecule has 0 bridgehead atoms.